The Morgan fingerprint density at radius 2 is 2.26 bits per heavy atom. The van der Waals surface area contributed by atoms with Crippen molar-refractivity contribution in [3.63, 3.8) is 0 Å². The van der Waals surface area contributed by atoms with E-state index in [1.165, 1.54) is 17.4 Å². The fourth-order valence-electron chi connectivity index (χ4n) is 1.80. The molecule has 0 unspecified atom stereocenters. The average Bonchev–Trinajstić information content (AvgIpc) is 3.12. The molecule has 2 aromatic heterocycles. The third kappa shape index (κ3) is 5.03. The summed E-state index contributed by atoms with van der Waals surface area (Å²) in [5, 5.41) is 9.51. The zero-order valence-electron chi connectivity index (χ0n) is 13.1. The van der Waals surface area contributed by atoms with Crippen molar-refractivity contribution in [3.8, 4) is 0 Å². The summed E-state index contributed by atoms with van der Waals surface area (Å²) in [6, 6.07) is 1.80. The van der Waals surface area contributed by atoms with Gasteiger partial charge in [-0.05, 0) is 26.8 Å². The fourth-order valence-corrected chi connectivity index (χ4v) is 2.38. The van der Waals surface area contributed by atoms with E-state index in [9.17, 15) is 9.59 Å². The summed E-state index contributed by atoms with van der Waals surface area (Å²) in [7, 11) is 0. The Labute approximate surface area is 138 Å². The SMILES string of the molecule is Cc1nc(C=CC(=O)OCC(=O)Nc2ccnn2C(C)C)cs1. The number of hydrogen-bond acceptors (Lipinski definition) is 6. The number of esters is 1. The second-order valence-electron chi connectivity index (χ2n) is 5.04. The van der Waals surface area contributed by atoms with E-state index in [0.29, 0.717) is 11.5 Å². The number of nitrogens with one attached hydrogen (secondary N) is 1. The summed E-state index contributed by atoms with van der Waals surface area (Å²) >= 11 is 1.49. The average molecular weight is 334 g/mol. The third-order valence-electron chi connectivity index (χ3n) is 2.80. The maximum Gasteiger partial charge on any atom is 0.331 e. The fraction of sp³-hybridized carbons (Fsp3) is 0.333. The molecular weight excluding hydrogens is 316 g/mol. The number of carbonyl (C=O) groups is 2. The molecule has 1 amide bonds. The number of rotatable bonds is 6. The van der Waals surface area contributed by atoms with Crippen molar-refractivity contribution in [2.45, 2.75) is 26.8 Å². The van der Waals surface area contributed by atoms with Crippen molar-refractivity contribution < 1.29 is 14.3 Å². The number of thiazole rings is 1. The number of hydrogen-bond donors (Lipinski definition) is 1. The van der Waals surface area contributed by atoms with Gasteiger partial charge in [-0.15, -0.1) is 11.3 Å². The van der Waals surface area contributed by atoms with Crippen LogP contribution < -0.4 is 5.32 Å². The second-order valence-corrected chi connectivity index (χ2v) is 6.10. The van der Waals surface area contributed by atoms with Crippen molar-refractivity contribution in [1.82, 2.24) is 14.8 Å². The van der Waals surface area contributed by atoms with Crippen LogP contribution in [0.4, 0.5) is 5.82 Å². The highest BCUT2D eigenvalue weighted by Crippen LogP contribution is 2.13. The first-order valence-corrected chi connectivity index (χ1v) is 7.94. The van der Waals surface area contributed by atoms with E-state index >= 15 is 0 Å². The van der Waals surface area contributed by atoms with Crippen LogP contribution in [0.5, 0.6) is 0 Å². The lowest BCUT2D eigenvalue weighted by Crippen LogP contribution is -2.22. The minimum Gasteiger partial charge on any atom is -0.452 e. The molecule has 0 saturated carbocycles. The first kappa shape index (κ1) is 16.9. The first-order valence-electron chi connectivity index (χ1n) is 7.06. The molecule has 122 valence electrons. The number of nitrogens with zero attached hydrogens (tertiary/aromatic N) is 3. The highest BCUT2D eigenvalue weighted by Gasteiger charge is 2.10. The van der Waals surface area contributed by atoms with E-state index in [2.05, 4.69) is 15.4 Å². The summed E-state index contributed by atoms with van der Waals surface area (Å²) in [5.41, 5.74) is 0.690. The molecule has 0 radical (unpaired) electrons. The van der Waals surface area contributed by atoms with Gasteiger partial charge in [-0.3, -0.25) is 4.79 Å². The lowest BCUT2D eigenvalue weighted by molar-refractivity contribution is -0.142. The van der Waals surface area contributed by atoms with E-state index in [4.69, 9.17) is 4.74 Å². The molecule has 0 spiro atoms. The highest BCUT2D eigenvalue weighted by atomic mass is 32.1. The van der Waals surface area contributed by atoms with Crippen LogP contribution in [0.2, 0.25) is 0 Å². The zero-order valence-corrected chi connectivity index (χ0v) is 14.0. The molecule has 0 fully saturated rings. The Hall–Kier alpha value is -2.48. The Balaban J connectivity index is 1.81. The van der Waals surface area contributed by atoms with Crippen molar-refractivity contribution in [3.05, 3.63) is 34.4 Å². The van der Waals surface area contributed by atoms with Gasteiger partial charge in [0.1, 0.15) is 5.82 Å². The first-order chi connectivity index (χ1) is 11.0. The molecule has 2 rings (SSSR count). The van der Waals surface area contributed by atoms with Crippen molar-refractivity contribution >= 4 is 35.1 Å². The smallest absolute Gasteiger partial charge is 0.331 e. The number of anilines is 1. The van der Waals surface area contributed by atoms with Crippen LogP contribution in [0.25, 0.3) is 6.08 Å². The molecule has 2 aromatic rings. The maximum absolute atomic E-state index is 11.8. The van der Waals surface area contributed by atoms with E-state index < -0.39 is 11.9 Å². The summed E-state index contributed by atoms with van der Waals surface area (Å²) in [5.74, 6) is -0.448. The number of carbonyl (C=O) groups excluding carboxylic acids is 2. The molecule has 1 N–H and O–H groups in total. The number of ether oxygens (including phenoxy) is 1. The van der Waals surface area contributed by atoms with Crippen LogP contribution in [0.1, 0.15) is 30.6 Å². The summed E-state index contributed by atoms with van der Waals surface area (Å²) in [6.45, 7) is 5.43. The zero-order chi connectivity index (χ0) is 16.8. The topological polar surface area (TPSA) is 86.1 Å². The van der Waals surface area contributed by atoms with Gasteiger partial charge in [0, 0.05) is 23.6 Å². The number of aromatic nitrogens is 3. The van der Waals surface area contributed by atoms with Gasteiger partial charge in [-0.1, -0.05) is 0 Å². The van der Waals surface area contributed by atoms with Crippen LogP contribution >= 0.6 is 11.3 Å². The van der Waals surface area contributed by atoms with Crippen molar-refractivity contribution in [1.29, 1.82) is 0 Å². The van der Waals surface area contributed by atoms with Gasteiger partial charge in [0.05, 0.1) is 16.9 Å². The monoisotopic (exact) mass is 334 g/mol. The van der Waals surface area contributed by atoms with E-state index in [-0.39, 0.29) is 12.6 Å². The largest absolute Gasteiger partial charge is 0.452 e. The lowest BCUT2D eigenvalue weighted by atomic mass is 10.4. The Morgan fingerprint density at radius 3 is 2.91 bits per heavy atom. The number of aryl methyl sites for hydroxylation is 1. The normalized spacial score (nSPS) is 11.1. The molecule has 0 atom stereocenters. The number of amides is 1. The van der Waals surface area contributed by atoms with Gasteiger partial charge in [0.15, 0.2) is 6.61 Å². The quantitative estimate of drug-likeness (QED) is 0.647. The minimum absolute atomic E-state index is 0.118. The van der Waals surface area contributed by atoms with Crippen LogP contribution in [0, 0.1) is 6.92 Å². The van der Waals surface area contributed by atoms with Gasteiger partial charge >= 0.3 is 5.97 Å². The van der Waals surface area contributed by atoms with Gasteiger partial charge in [0.25, 0.3) is 5.91 Å². The molecule has 0 bridgehead atoms. The van der Waals surface area contributed by atoms with E-state index in [0.717, 1.165) is 5.01 Å². The van der Waals surface area contributed by atoms with E-state index in [1.54, 1.807) is 23.0 Å². The summed E-state index contributed by atoms with van der Waals surface area (Å²) in [4.78, 5) is 27.6. The molecular formula is C15H18N4O3S. The predicted octanol–water partition coefficient (Wildman–Crippen LogP) is 2.42. The van der Waals surface area contributed by atoms with Crippen molar-refractivity contribution in [2.24, 2.45) is 0 Å². The predicted molar refractivity (Wildman–Crippen MR) is 88.1 cm³/mol. The summed E-state index contributed by atoms with van der Waals surface area (Å²) in [6.07, 6.45) is 4.40. The molecule has 7 nitrogen and oxygen atoms in total. The molecule has 23 heavy (non-hydrogen) atoms. The Morgan fingerprint density at radius 1 is 1.48 bits per heavy atom. The molecule has 8 heteroatoms. The molecule has 0 aliphatic rings. The van der Waals surface area contributed by atoms with Gasteiger partial charge in [-0.2, -0.15) is 5.10 Å². The van der Waals surface area contributed by atoms with Crippen LogP contribution in [0.15, 0.2) is 23.7 Å². The molecule has 0 aliphatic heterocycles. The van der Waals surface area contributed by atoms with Gasteiger partial charge in [-0.25, -0.2) is 14.5 Å². The van der Waals surface area contributed by atoms with Crippen LogP contribution in [-0.2, 0) is 14.3 Å². The van der Waals surface area contributed by atoms with Gasteiger partial charge in [0.2, 0.25) is 0 Å². The van der Waals surface area contributed by atoms with Crippen LogP contribution in [-0.4, -0.2) is 33.2 Å². The Kier molecular flexibility index (Phi) is 5.64. The molecule has 0 aliphatic carbocycles. The standard InChI is InChI=1S/C15H18N4O3S/c1-10(2)19-13(6-7-16-19)18-14(20)8-22-15(21)5-4-12-9-23-11(3)17-12/h4-7,9-10H,8H2,1-3H3,(H,18,20). The molecule has 2 heterocycles. The molecule has 0 aromatic carbocycles. The lowest BCUT2D eigenvalue weighted by Gasteiger charge is -2.11. The highest BCUT2D eigenvalue weighted by molar-refractivity contribution is 7.09. The maximum atomic E-state index is 11.8. The Bertz CT molecular complexity index is 718. The second kappa shape index (κ2) is 7.68. The third-order valence-corrected chi connectivity index (χ3v) is 3.59. The van der Waals surface area contributed by atoms with Crippen molar-refractivity contribution in [2.75, 3.05) is 11.9 Å². The van der Waals surface area contributed by atoms with E-state index in [1.807, 2.05) is 26.2 Å². The molecule has 0 saturated heterocycles. The minimum atomic E-state index is -0.594. The summed E-state index contributed by atoms with van der Waals surface area (Å²) < 4.78 is 6.56. The van der Waals surface area contributed by atoms with Gasteiger partial charge < -0.3 is 10.1 Å². The van der Waals surface area contributed by atoms with Crippen LogP contribution in [0.3, 0.4) is 0 Å².